The van der Waals surface area contributed by atoms with Gasteiger partial charge in [-0.2, -0.15) is 5.10 Å². The zero-order valence-corrected chi connectivity index (χ0v) is 15.9. The van der Waals surface area contributed by atoms with Crippen molar-refractivity contribution in [2.75, 3.05) is 20.2 Å². The molecular formula is C20H26N4O3. The highest BCUT2D eigenvalue weighted by Crippen LogP contribution is 2.24. The summed E-state index contributed by atoms with van der Waals surface area (Å²) in [5.74, 6) is 0.886. The third-order valence-corrected chi connectivity index (χ3v) is 4.80. The minimum absolute atomic E-state index is 0.0508. The smallest absolute Gasteiger partial charge is 0.223 e. The minimum atomic E-state index is -0.127. The maximum absolute atomic E-state index is 12.7. The summed E-state index contributed by atoms with van der Waals surface area (Å²) in [5, 5.41) is 6.97. The van der Waals surface area contributed by atoms with Crippen molar-refractivity contribution in [1.82, 2.24) is 20.0 Å². The molecule has 1 aliphatic rings. The second kappa shape index (κ2) is 8.70. The average molecular weight is 370 g/mol. The van der Waals surface area contributed by atoms with Gasteiger partial charge in [-0.15, -0.1) is 0 Å². The van der Waals surface area contributed by atoms with Gasteiger partial charge in [0.05, 0.1) is 31.3 Å². The van der Waals surface area contributed by atoms with E-state index in [1.807, 2.05) is 46.8 Å². The predicted octanol–water partition coefficient (Wildman–Crippen LogP) is 1.93. The molecule has 2 aromatic rings. The number of carbonyl (C=O) groups is 2. The fourth-order valence-corrected chi connectivity index (χ4v) is 3.37. The summed E-state index contributed by atoms with van der Waals surface area (Å²) in [6.07, 6.45) is 3.16. The monoisotopic (exact) mass is 370 g/mol. The molecule has 0 spiro atoms. The van der Waals surface area contributed by atoms with Crippen LogP contribution in [0.3, 0.4) is 0 Å². The van der Waals surface area contributed by atoms with E-state index < -0.39 is 0 Å². The number of fused-ring (bicyclic) bond motifs is 1. The van der Waals surface area contributed by atoms with Crippen molar-refractivity contribution in [3.8, 4) is 5.75 Å². The van der Waals surface area contributed by atoms with Crippen LogP contribution in [0.1, 0.15) is 37.1 Å². The van der Waals surface area contributed by atoms with E-state index in [2.05, 4.69) is 10.4 Å². The fourth-order valence-electron chi connectivity index (χ4n) is 3.37. The van der Waals surface area contributed by atoms with Crippen LogP contribution in [0.25, 0.3) is 0 Å². The number of aromatic nitrogens is 2. The molecule has 2 heterocycles. The third kappa shape index (κ3) is 4.67. The van der Waals surface area contributed by atoms with Crippen molar-refractivity contribution in [1.29, 1.82) is 0 Å². The molecule has 0 bridgehead atoms. The van der Waals surface area contributed by atoms with Crippen LogP contribution in [0, 0.1) is 0 Å². The summed E-state index contributed by atoms with van der Waals surface area (Å²) in [5.41, 5.74) is 2.07. The molecule has 1 aromatic heterocycles. The first kappa shape index (κ1) is 18.9. The Morgan fingerprint density at radius 2 is 2.04 bits per heavy atom. The van der Waals surface area contributed by atoms with Gasteiger partial charge < -0.3 is 15.0 Å². The van der Waals surface area contributed by atoms with Gasteiger partial charge in [-0.05, 0) is 37.1 Å². The van der Waals surface area contributed by atoms with Crippen LogP contribution < -0.4 is 10.1 Å². The van der Waals surface area contributed by atoms with Crippen LogP contribution >= 0.6 is 0 Å². The number of carbonyl (C=O) groups excluding carboxylic acids is 2. The van der Waals surface area contributed by atoms with Crippen molar-refractivity contribution >= 4 is 11.8 Å². The van der Waals surface area contributed by atoms with Crippen molar-refractivity contribution in [3.63, 3.8) is 0 Å². The number of hydrogen-bond donors (Lipinski definition) is 1. The molecule has 144 valence electrons. The van der Waals surface area contributed by atoms with Gasteiger partial charge >= 0.3 is 0 Å². The molecular weight excluding hydrogens is 344 g/mol. The average Bonchev–Trinajstić information content (AvgIpc) is 3.16. The van der Waals surface area contributed by atoms with E-state index in [0.29, 0.717) is 39.0 Å². The maximum Gasteiger partial charge on any atom is 0.223 e. The van der Waals surface area contributed by atoms with Gasteiger partial charge in [-0.1, -0.05) is 12.1 Å². The van der Waals surface area contributed by atoms with E-state index in [0.717, 1.165) is 17.0 Å². The van der Waals surface area contributed by atoms with Gasteiger partial charge in [0.25, 0.3) is 0 Å². The summed E-state index contributed by atoms with van der Waals surface area (Å²) >= 11 is 0. The van der Waals surface area contributed by atoms with Crippen LogP contribution in [0.5, 0.6) is 5.75 Å². The van der Waals surface area contributed by atoms with E-state index in [9.17, 15) is 9.59 Å². The molecule has 7 nitrogen and oxygen atoms in total. The van der Waals surface area contributed by atoms with Crippen molar-refractivity contribution in [2.45, 2.75) is 38.8 Å². The van der Waals surface area contributed by atoms with Crippen molar-refractivity contribution in [3.05, 3.63) is 47.8 Å². The largest absolute Gasteiger partial charge is 0.494 e. The highest BCUT2D eigenvalue weighted by molar-refractivity contribution is 5.78. The van der Waals surface area contributed by atoms with Gasteiger partial charge in [0.2, 0.25) is 11.8 Å². The van der Waals surface area contributed by atoms with Crippen LogP contribution in [0.15, 0.2) is 36.5 Å². The molecule has 0 saturated carbocycles. The lowest BCUT2D eigenvalue weighted by molar-refractivity contribution is -0.134. The zero-order chi connectivity index (χ0) is 19.2. The Kier molecular flexibility index (Phi) is 6.11. The number of rotatable bonds is 7. The summed E-state index contributed by atoms with van der Waals surface area (Å²) in [7, 11) is 1.62. The molecule has 1 aliphatic heterocycles. The summed E-state index contributed by atoms with van der Waals surface area (Å²) in [4.78, 5) is 26.4. The number of benzene rings is 1. The molecule has 0 radical (unpaired) electrons. The highest BCUT2D eigenvalue weighted by atomic mass is 16.5. The number of hydrogen-bond acceptors (Lipinski definition) is 4. The van der Waals surface area contributed by atoms with Gasteiger partial charge in [0.1, 0.15) is 5.75 Å². The van der Waals surface area contributed by atoms with E-state index >= 15 is 0 Å². The van der Waals surface area contributed by atoms with E-state index in [1.165, 1.54) is 0 Å². The molecule has 1 aromatic carbocycles. The first-order valence-corrected chi connectivity index (χ1v) is 9.33. The van der Waals surface area contributed by atoms with E-state index in [-0.39, 0.29) is 17.9 Å². The van der Waals surface area contributed by atoms with Gasteiger partial charge in [0, 0.05) is 26.2 Å². The third-order valence-electron chi connectivity index (χ3n) is 4.80. The number of nitrogens with zero attached hydrogens (tertiary/aromatic N) is 3. The first-order valence-electron chi connectivity index (χ1n) is 9.33. The van der Waals surface area contributed by atoms with Crippen LogP contribution in [-0.2, 0) is 22.6 Å². The Morgan fingerprint density at radius 1 is 1.26 bits per heavy atom. The molecule has 0 unspecified atom stereocenters. The van der Waals surface area contributed by atoms with Gasteiger partial charge in [-0.25, -0.2) is 0 Å². The van der Waals surface area contributed by atoms with Crippen molar-refractivity contribution in [2.24, 2.45) is 0 Å². The van der Waals surface area contributed by atoms with Crippen molar-refractivity contribution < 1.29 is 14.3 Å². The molecule has 1 N–H and O–H groups in total. The first-order chi connectivity index (χ1) is 13.1. The molecule has 27 heavy (non-hydrogen) atoms. The number of nitrogens with one attached hydrogen (secondary N) is 1. The molecule has 7 heteroatoms. The zero-order valence-electron chi connectivity index (χ0n) is 15.9. The Morgan fingerprint density at radius 3 is 2.74 bits per heavy atom. The lowest BCUT2D eigenvalue weighted by atomic mass is 10.1. The molecule has 3 rings (SSSR count). The number of amides is 2. The van der Waals surface area contributed by atoms with Crippen LogP contribution in [0.2, 0.25) is 0 Å². The normalized spacial score (nSPS) is 15.9. The van der Waals surface area contributed by atoms with Gasteiger partial charge in [0.15, 0.2) is 0 Å². The maximum atomic E-state index is 12.7. The molecule has 2 amide bonds. The molecule has 0 saturated heterocycles. The Hall–Kier alpha value is -2.83. The number of aryl methyl sites for hydroxylation is 1. The van der Waals surface area contributed by atoms with E-state index in [4.69, 9.17) is 4.74 Å². The summed E-state index contributed by atoms with van der Waals surface area (Å²) in [6, 6.07) is 9.64. The number of ether oxygens (including phenoxy) is 1. The Balaban J connectivity index is 1.60. The highest BCUT2D eigenvalue weighted by Gasteiger charge is 2.29. The van der Waals surface area contributed by atoms with Crippen LogP contribution in [0.4, 0.5) is 0 Å². The predicted molar refractivity (Wildman–Crippen MR) is 101 cm³/mol. The minimum Gasteiger partial charge on any atom is -0.494 e. The second-order valence-corrected chi connectivity index (χ2v) is 6.65. The summed E-state index contributed by atoms with van der Waals surface area (Å²) in [6.45, 7) is 3.63. The molecule has 0 aliphatic carbocycles. The topological polar surface area (TPSA) is 76.5 Å². The standard InChI is InChI=1S/C20H26N4O3/c1-3-27-18-7-4-15(5-8-18)6-9-20(26)23-13-16-10-11-22-24(16)17(14-23)12-19(25)21-2/h4-5,7-8,10-11,17H,3,6,9,12-14H2,1-2H3,(H,21,25)/t17-/m0/s1. The molecule has 1 atom stereocenters. The fraction of sp³-hybridized carbons (Fsp3) is 0.450. The summed E-state index contributed by atoms with van der Waals surface area (Å²) < 4.78 is 7.31. The SMILES string of the molecule is CCOc1ccc(CCC(=O)N2Cc3ccnn3[C@@H](CC(=O)NC)C2)cc1. The lowest BCUT2D eigenvalue weighted by Gasteiger charge is -2.33. The van der Waals surface area contributed by atoms with Gasteiger partial charge in [-0.3, -0.25) is 14.3 Å². The van der Waals surface area contributed by atoms with E-state index in [1.54, 1.807) is 13.2 Å². The Labute approximate surface area is 159 Å². The second-order valence-electron chi connectivity index (χ2n) is 6.65. The van der Waals surface area contributed by atoms with Crippen LogP contribution in [-0.4, -0.2) is 46.7 Å². The quantitative estimate of drug-likeness (QED) is 0.808. The molecule has 0 fully saturated rings. The lowest BCUT2D eigenvalue weighted by Crippen LogP contribution is -2.42. The Bertz CT molecular complexity index is 785.